The van der Waals surface area contributed by atoms with Gasteiger partial charge in [-0.05, 0) is 43.7 Å². The van der Waals surface area contributed by atoms with Crippen molar-refractivity contribution in [2.45, 2.75) is 20.4 Å². The molecule has 2 aromatic rings. The van der Waals surface area contributed by atoms with E-state index in [2.05, 4.69) is 5.32 Å². The second-order valence-corrected chi connectivity index (χ2v) is 4.76. The van der Waals surface area contributed by atoms with Crippen LogP contribution in [0.1, 0.15) is 17.1 Å². The third kappa shape index (κ3) is 2.96. The van der Waals surface area contributed by atoms with E-state index < -0.39 is 0 Å². The lowest BCUT2D eigenvalue weighted by Gasteiger charge is -2.09. The van der Waals surface area contributed by atoms with Crippen molar-refractivity contribution in [1.29, 1.82) is 0 Å². The average Bonchev–Trinajstić information content (AvgIpc) is 2.68. The number of halogens is 2. The number of nitrogens with one attached hydrogen (secondary N) is 1. The summed E-state index contributed by atoms with van der Waals surface area (Å²) in [6, 6.07) is 7.54. The predicted molar refractivity (Wildman–Crippen MR) is 72.0 cm³/mol. The molecule has 17 heavy (non-hydrogen) atoms. The summed E-state index contributed by atoms with van der Waals surface area (Å²) in [7, 11) is 0. The molecule has 0 atom stereocenters. The fraction of sp³-hybridized carbons (Fsp3) is 0.231. The smallest absolute Gasteiger partial charge is 0.123 e. The maximum absolute atomic E-state index is 6.12. The molecule has 0 fully saturated rings. The molecule has 0 aliphatic heterocycles. The van der Waals surface area contributed by atoms with Crippen LogP contribution in [0.4, 0.5) is 5.69 Å². The lowest BCUT2D eigenvalue weighted by Crippen LogP contribution is -1.99. The molecule has 1 heterocycles. The maximum atomic E-state index is 6.12. The number of rotatable bonds is 3. The van der Waals surface area contributed by atoms with Crippen LogP contribution in [0.2, 0.25) is 10.0 Å². The Balaban J connectivity index is 2.11. The van der Waals surface area contributed by atoms with E-state index in [1.165, 1.54) is 0 Å². The minimum absolute atomic E-state index is 0.590. The van der Waals surface area contributed by atoms with Gasteiger partial charge in [-0.1, -0.05) is 23.2 Å². The molecule has 0 saturated carbocycles. The van der Waals surface area contributed by atoms with Crippen molar-refractivity contribution in [3.63, 3.8) is 0 Å². The Bertz CT molecular complexity index is 534. The second kappa shape index (κ2) is 5.03. The van der Waals surface area contributed by atoms with Gasteiger partial charge in [0.25, 0.3) is 0 Å². The predicted octanol–water partition coefficient (Wildman–Crippen LogP) is 4.82. The topological polar surface area (TPSA) is 25.2 Å². The molecule has 0 saturated heterocycles. The molecule has 0 bridgehead atoms. The van der Waals surface area contributed by atoms with E-state index in [-0.39, 0.29) is 0 Å². The highest BCUT2D eigenvalue weighted by Gasteiger charge is 2.05. The maximum Gasteiger partial charge on any atom is 0.123 e. The Hall–Kier alpha value is -1.12. The Morgan fingerprint density at radius 1 is 1.12 bits per heavy atom. The SMILES string of the molecule is Cc1ccc(CNc2cc(Cl)c(C)cc2Cl)o1. The van der Waals surface area contributed by atoms with E-state index in [1.54, 1.807) is 0 Å². The number of hydrogen-bond donors (Lipinski definition) is 1. The molecule has 2 rings (SSSR count). The van der Waals surface area contributed by atoms with E-state index in [1.807, 2.05) is 38.1 Å². The van der Waals surface area contributed by atoms with Gasteiger partial charge in [0, 0.05) is 5.02 Å². The van der Waals surface area contributed by atoms with Crippen molar-refractivity contribution in [2.24, 2.45) is 0 Å². The number of furan rings is 1. The summed E-state index contributed by atoms with van der Waals surface area (Å²) in [5.74, 6) is 1.77. The van der Waals surface area contributed by atoms with Crippen molar-refractivity contribution < 1.29 is 4.42 Å². The molecule has 1 aromatic carbocycles. The number of anilines is 1. The highest BCUT2D eigenvalue weighted by Crippen LogP contribution is 2.29. The standard InChI is InChI=1S/C13H13Cl2NO/c1-8-5-12(15)13(6-11(8)14)16-7-10-4-3-9(2)17-10/h3-6,16H,7H2,1-2H3. The number of benzene rings is 1. The molecule has 1 N–H and O–H groups in total. The van der Waals surface area contributed by atoms with Crippen molar-refractivity contribution in [3.05, 3.63) is 51.4 Å². The van der Waals surface area contributed by atoms with Gasteiger partial charge in [-0.25, -0.2) is 0 Å². The monoisotopic (exact) mass is 269 g/mol. The van der Waals surface area contributed by atoms with Crippen LogP contribution in [0.3, 0.4) is 0 Å². The first-order chi connectivity index (χ1) is 8.06. The zero-order valence-electron chi connectivity index (χ0n) is 9.68. The van der Waals surface area contributed by atoms with E-state index in [0.29, 0.717) is 16.6 Å². The second-order valence-electron chi connectivity index (χ2n) is 3.95. The lowest BCUT2D eigenvalue weighted by atomic mass is 10.2. The van der Waals surface area contributed by atoms with Crippen LogP contribution in [-0.2, 0) is 6.54 Å². The molecule has 0 aliphatic rings. The van der Waals surface area contributed by atoms with Gasteiger partial charge in [0.05, 0.1) is 17.3 Å². The lowest BCUT2D eigenvalue weighted by molar-refractivity contribution is 0.490. The van der Waals surface area contributed by atoms with E-state index in [4.69, 9.17) is 27.6 Å². The van der Waals surface area contributed by atoms with Gasteiger partial charge in [-0.2, -0.15) is 0 Å². The highest BCUT2D eigenvalue weighted by atomic mass is 35.5. The zero-order valence-corrected chi connectivity index (χ0v) is 11.2. The zero-order chi connectivity index (χ0) is 12.4. The van der Waals surface area contributed by atoms with Crippen molar-refractivity contribution >= 4 is 28.9 Å². The normalized spacial score (nSPS) is 10.6. The van der Waals surface area contributed by atoms with Gasteiger partial charge < -0.3 is 9.73 Å². The molecule has 0 unspecified atom stereocenters. The largest absolute Gasteiger partial charge is 0.465 e. The first-order valence-electron chi connectivity index (χ1n) is 5.31. The van der Waals surface area contributed by atoms with Gasteiger partial charge in [0.2, 0.25) is 0 Å². The minimum Gasteiger partial charge on any atom is -0.465 e. The third-order valence-electron chi connectivity index (χ3n) is 2.50. The summed E-state index contributed by atoms with van der Waals surface area (Å²) in [5, 5.41) is 4.56. The summed E-state index contributed by atoms with van der Waals surface area (Å²) < 4.78 is 5.46. The van der Waals surface area contributed by atoms with Crippen LogP contribution in [0, 0.1) is 13.8 Å². The highest BCUT2D eigenvalue weighted by molar-refractivity contribution is 6.35. The molecule has 0 radical (unpaired) electrons. The Morgan fingerprint density at radius 3 is 2.53 bits per heavy atom. The molecule has 0 aliphatic carbocycles. The molecule has 4 heteroatoms. The molecule has 0 spiro atoms. The number of hydrogen-bond acceptors (Lipinski definition) is 2. The summed E-state index contributed by atoms with van der Waals surface area (Å²) in [5.41, 5.74) is 1.78. The van der Waals surface area contributed by atoms with Gasteiger partial charge in [-0.3, -0.25) is 0 Å². The molecule has 1 aromatic heterocycles. The number of aryl methyl sites for hydroxylation is 2. The Morgan fingerprint density at radius 2 is 1.88 bits per heavy atom. The van der Waals surface area contributed by atoms with Crippen LogP contribution in [0.15, 0.2) is 28.7 Å². The van der Waals surface area contributed by atoms with Crippen molar-refractivity contribution in [3.8, 4) is 0 Å². The van der Waals surface area contributed by atoms with E-state index >= 15 is 0 Å². The summed E-state index contributed by atoms with van der Waals surface area (Å²) in [6.45, 7) is 4.43. The molecule has 90 valence electrons. The van der Waals surface area contributed by atoms with Gasteiger partial charge in [0.15, 0.2) is 0 Å². The summed E-state index contributed by atoms with van der Waals surface area (Å²) in [4.78, 5) is 0. The third-order valence-corrected chi connectivity index (χ3v) is 3.22. The fourth-order valence-corrected chi connectivity index (χ4v) is 1.99. The van der Waals surface area contributed by atoms with E-state index in [9.17, 15) is 0 Å². The minimum atomic E-state index is 0.590. The van der Waals surface area contributed by atoms with Crippen LogP contribution < -0.4 is 5.32 Å². The Kier molecular flexibility index (Phi) is 3.65. The first kappa shape index (κ1) is 12.3. The quantitative estimate of drug-likeness (QED) is 0.865. The molecule has 2 nitrogen and oxygen atoms in total. The van der Waals surface area contributed by atoms with Crippen molar-refractivity contribution in [2.75, 3.05) is 5.32 Å². The fourth-order valence-electron chi connectivity index (χ4n) is 1.54. The van der Waals surface area contributed by atoms with Crippen LogP contribution in [0.5, 0.6) is 0 Å². The summed E-state index contributed by atoms with van der Waals surface area (Å²) >= 11 is 12.2. The Labute approximate surface area is 111 Å². The van der Waals surface area contributed by atoms with E-state index in [0.717, 1.165) is 22.8 Å². The first-order valence-corrected chi connectivity index (χ1v) is 6.06. The molecular weight excluding hydrogens is 257 g/mol. The van der Waals surface area contributed by atoms with Crippen LogP contribution in [-0.4, -0.2) is 0 Å². The van der Waals surface area contributed by atoms with Crippen molar-refractivity contribution in [1.82, 2.24) is 0 Å². The van der Waals surface area contributed by atoms with Gasteiger partial charge in [-0.15, -0.1) is 0 Å². The molecule has 0 amide bonds. The van der Waals surface area contributed by atoms with Gasteiger partial charge >= 0.3 is 0 Å². The van der Waals surface area contributed by atoms with Gasteiger partial charge in [0.1, 0.15) is 11.5 Å². The summed E-state index contributed by atoms with van der Waals surface area (Å²) in [6.07, 6.45) is 0. The van der Waals surface area contributed by atoms with Crippen LogP contribution >= 0.6 is 23.2 Å². The molecular formula is C13H13Cl2NO. The van der Waals surface area contributed by atoms with Crippen LogP contribution in [0.25, 0.3) is 0 Å². The average molecular weight is 270 g/mol.